The van der Waals surface area contributed by atoms with E-state index in [4.69, 9.17) is 5.11 Å². The number of aryl methyl sites for hydroxylation is 1. The minimum Gasteiger partial charge on any atom is -0.478 e. The van der Waals surface area contributed by atoms with Gasteiger partial charge in [-0.15, -0.1) is 0 Å². The molecule has 15 heavy (non-hydrogen) atoms. The molecule has 0 amide bonds. The molecule has 1 aromatic heterocycles. The van der Waals surface area contributed by atoms with Gasteiger partial charge in [0, 0.05) is 18.8 Å². The standard InChI is InChI=1S/C11H13NO3/c13-10-4-3-9(11(14)15)7-12(10)6-5-8-1-2-8/h3-4,7-8H,1-2,5-6H2,(H,14,15). The van der Waals surface area contributed by atoms with Crippen LogP contribution in [0.15, 0.2) is 23.1 Å². The Hall–Kier alpha value is -1.58. The quantitative estimate of drug-likeness (QED) is 0.810. The summed E-state index contributed by atoms with van der Waals surface area (Å²) in [6.45, 7) is 0.630. The van der Waals surface area contributed by atoms with Crippen molar-refractivity contribution in [2.45, 2.75) is 25.8 Å². The molecule has 0 atom stereocenters. The Morgan fingerprint density at radius 1 is 1.47 bits per heavy atom. The van der Waals surface area contributed by atoms with Crippen molar-refractivity contribution in [3.8, 4) is 0 Å². The summed E-state index contributed by atoms with van der Waals surface area (Å²) in [5.41, 5.74) is 0.0473. The number of hydrogen-bond donors (Lipinski definition) is 1. The van der Waals surface area contributed by atoms with E-state index in [9.17, 15) is 9.59 Å². The van der Waals surface area contributed by atoms with Crippen molar-refractivity contribution in [3.63, 3.8) is 0 Å². The van der Waals surface area contributed by atoms with Gasteiger partial charge in [-0.05, 0) is 18.4 Å². The molecule has 4 nitrogen and oxygen atoms in total. The van der Waals surface area contributed by atoms with E-state index in [1.54, 1.807) is 0 Å². The van der Waals surface area contributed by atoms with Crippen LogP contribution in [-0.2, 0) is 6.54 Å². The van der Waals surface area contributed by atoms with Gasteiger partial charge in [0.1, 0.15) is 0 Å². The molecule has 1 aliphatic carbocycles. The number of aromatic nitrogens is 1. The Balaban J connectivity index is 2.15. The molecule has 0 saturated heterocycles. The summed E-state index contributed by atoms with van der Waals surface area (Å²) in [7, 11) is 0. The van der Waals surface area contributed by atoms with Crippen LogP contribution in [0.3, 0.4) is 0 Å². The van der Waals surface area contributed by atoms with Gasteiger partial charge in [0.2, 0.25) is 0 Å². The predicted octanol–water partition coefficient (Wildman–Crippen LogP) is 1.35. The van der Waals surface area contributed by atoms with Crippen LogP contribution in [0, 0.1) is 5.92 Å². The maximum Gasteiger partial charge on any atom is 0.337 e. The van der Waals surface area contributed by atoms with E-state index in [1.807, 2.05) is 0 Å². The van der Waals surface area contributed by atoms with Crippen LogP contribution in [0.5, 0.6) is 0 Å². The van der Waals surface area contributed by atoms with Gasteiger partial charge in [-0.25, -0.2) is 4.79 Å². The molecule has 1 saturated carbocycles. The van der Waals surface area contributed by atoms with E-state index >= 15 is 0 Å². The molecule has 0 aromatic carbocycles. The lowest BCUT2D eigenvalue weighted by atomic mass is 10.2. The number of aromatic carboxylic acids is 1. The second-order valence-corrected chi connectivity index (χ2v) is 3.99. The van der Waals surface area contributed by atoms with Crippen LogP contribution < -0.4 is 5.56 Å². The Bertz CT molecular complexity index is 432. The molecule has 1 heterocycles. The summed E-state index contributed by atoms with van der Waals surface area (Å²) in [5, 5.41) is 8.77. The van der Waals surface area contributed by atoms with E-state index in [2.05, 4.69) is 0 Å². The average Bonchev–Trinajstić information content (AvgIpc) is 3.00. The first kappa shape index (κ1) is 9.96. The highest BCUT2D eigenvalue weighted by Gasteiger charge is 2.20. The van der Waals surface area contributed by atoms with Crippen LogP contribution in [0.25, 0.3) is 0 Å². The number of carboxylic acids is 1. The SMILES string of the molecule is O=C(O)c1ccc(=O)n(CCC2CC2)c1. The smallest absolute Gasteiger partial charge is 0.337 e. The number of rotatable bonds is 4. The highest BCUT2D eigenvalue weighted by molar-refractivity contribution is 5.87. The summed E-state index contributed by atoms with van der Waals surface area (Å²) in [4.78, 5) is 22.1. The molecule has 80 valence electrons. The topological polar surface area (TPSA) is 59.3 Å². The van der Waals surface area contributed by atoms with E-state index in [0.29, 0.717) is 6.54 Å². The molecule has 2 rings (SSSR count). The molecule has 1 N–H and O–H groups in total. The van der Waals surface area contributed by atoms with Crippen LogP contribution in [0.4, 0.5) is 0 Å². The van der Waals surface area contributed by atoms with Crippen molar-refractivity contribution in [2.75, 3.05) is 0 Å². The van der Waals surface area contributed by atoms with Gasteiger partial charge in [-0.2, -0.15) is 0 Å². The summed E-state index contributed by atoms with van der Waals surface area (Å²) in [6, 6.07) is 2.66. The molecule has 0 spiro atoms. The molecule has 4 heteroatoms. The maximum absolute atomic E-state index is 11.4. The lowest BCUT2D eigenvalue weighted by Gasteiger charge is -2.05. The highest BCUT2D eigenvalue weighted by atomic mass is 16.4. The van der Waals surface area contributed by atoms with Gasteiger partial charge in [0.05, 0.1) is 5.56 Å². The van der Waals surface area contributed by atoms with Crippen LogP contribution in [-0.4, -0.2) is 15.6 Å². The maximum atomic E-state index is 11.4. The van der Waals surface area contributed by atoms with Gasteiger partial charge in [0.25, 0.3) is 5.56 Å². The summed E-state index contributed by atoms with van der Waals surface area (Å²) >= 11 is 0. The Kier molecular flexibility index (Phi) is 2.58. The lowest BCUT2D eigenvalue weighted by molar-refractivity contribution is 0.0696. The van der Waals surface area contributed by atoms with Crippen LogP contribution >= 0.6 is 0 Å². The first-order valence-electron chi connectivity index (χ1n) is 5.10. The van der Waals surface area contributed by atoms with E-state index in [0.717, 1.165) is 12.3 Å². The summed E-state index contributed by atoms with van der Waals surface area (Å²) in [5.74, 6) is -0.249. The molecule has 1 aromatic rings. The van der Waals surface area contributed by atoms with Crippen LogP contribution in [0.2, 0.25) is 0 Å². The second-order valence-electron chi connectivity index (χ2n) is 3.99. The molecule has 0 radical (unpaired) electrons. The molecule has 0 unspecified atom stereocenters. The third-order valence-corrected chi connectivity index (χ3v) is 2.71. The fourth-order valence-electron chi connectivity index (χ4n) is 1.56. The first-order chi connectivity index (χ1) is 7.16. The number of hydrogen-bond acceptors (Lipinski definition) is 2. The third-order valence-electron chi connectivity index (χ3n) is 2.71. The molecule has 1 fully saturated rings. The molecular weight excluding hydrogens is 194 g/mol. The monoisotopic (exact) mass is 207 g/mol. The van der Waals surface area contributed by atoms with Gasteiger partial charge in [-0.3, -0.25) is 4.79 Å². The fourth-order valence-corrected chi connectivity index (χ4v) is 1.56. The summed E-state index contributed by atoms with van der Waals surface area (Å²) in [6.07, 6.45) is 4.89. The number of nitrogens with zero attached hydrogens (tertiary/aromatic N) is 1. The normalized spacial score (nSPS) is 15.2. The number of carbonyl (C=O) groups is 1. The lowest BCUT2D eigenvalue weighted by Crippen LogP contribution is -2.20. The number of pyridine rings is 1. The third kappa shape index (κ3) is 2.46. The second kappa shape index (κ2) is 3.88. The fraction of sp³-hybridized carbons (Fsp3) is 0.455. The van der Waals surface area contributed by atoms with Gasteiger partial charge < -0.3 is 9.67 Å². The zero-order chi connectivity index (χ0) is 10.8. The van der Waals surface area contributed by atoms with Gasteiger partial charge in [0.15, 0.2) is 0 Å². The summed E-state index contributed by atoms with van der Waals surface area (Å²) < 4.78 is 1.49. The van der Waals surface area contributed by atoms with Crippen molar-refractivity contribution in [3.05, 3.63) is 34.2 Å². The predicted molar refractivity (Wildman–Crippen MR) is 55.0 cm³/mol. The van der Waals surface area contributed by atoms with Crippen molar-refractivity contribution in [1.82, 2.24) is 4.57 Å². The molecule has 1 aliphatic rings. The number of carboxylic acid groups (broad SMARTS) is 1. The largest absolute Gasteiger partial charge is 0.478 e. The zero-order valence-corrected chi connectivity index (χ0v) is 8.35. The van der Waals surface area contributed by atoms with Crippen molar-refractivity contribution < 1.29 is 9.90 Å². The first-order valence-corrected chi connectivity index (χ1v) is 5.10. The molecular formula is C11H13NO3. The highest BCUT2D eigenvalue weighted by Crippen LogP contribution is 2.32. The van der Waals surface area contributed by atoms with E-state index < -0.39 is 5.97 Å². The molecule has 0 aliphatic heterocycles. The zero-order valence-electron chi connectivity index (χ0n) is 8.35. The Morgan fingerprint density at radius 3 is 2.80 bits per heavy atom. The van der Waals surface area contributed by atoms with Crippen molar-refractivity contribution in [1.29, 1.82) is 0 Å². The molecule has 0 bridgehead atoms. The van der Waals surface area contributed by atoms with Crippen molar-refractivity contribution >= 4 is 5.97 Å². The Labute approximate surface area is 87.2 Å². The van der Waals surface area contributed by atoms with Gasteiger partial charge >= 0.3 is 5.97 Å². The Morgan fingerprint density at radius 2 is 2.20 bits per heavy atom. The minimum absolute atomic E-state index is 0.124. The van der Waals surface area contributed by atoms with E-state index in [1.165, 1.54) is 35.7 Å². The minimum atomic E-state index is -0.991. The van der Waals surface area contributed by atoms with Crippen molar-refractivity contribution in [2.24, 2.45) is 5.92 Å². The van der Waals surface area contributed by atoms with Gasteiger partial charge in [-0.1, -0.05) is 12.8 Å². The van der Waals surface area contributed by atoms with Crippen LogP contribution in [0.1, 0.15) is 29.6 Å². The average molecular weight is 207 g/mol. The van der Waals surface area contributed by atoms with E-state index in [-0.39, 0.29) is 11.1 Å².